The molecule has 5 heteroatoms. The average Bonchev–Trinajstić information content (AvgIpc) is 2.59. The van der Waals surface area contributed by atoms with Crippen LogP contribution >= 0.6 is 0 Å². The minimum atomic E-state index is -0.526. The highest BCUT2D eigenvalue weighted by atomic mass is 16.5. The minimum Gasteiger partial charge on any atom is -0.319 e. The Labute approximate surface area is 68.9 Å². The van der Waals surface area contributed by atoms with Gasteiger partial charge < -0.3 is 5.73 Å². The van der Waals surface area contributed by atoms with Crippen molar-refractivity contribution in [3.8, 4) is 0 Å². The first-order valence-corrected chi connectivity index (χ1v) is 4.06. The van der Waals surface area contributed by atoms with Crippen molar-refractivity contribution in [2.24, 2.45) is 5.73 Å². The lowest BCUT2D eigenvalue weighted by atomic mass is 9.99. The van der Waals surface area contributed by atoms with Gasteiger partial charge in [0.15, 0.2) is 5.82 Å². The van der Waals surface area contributed by atoms with Crippen molar-refractivity contribution >= 4 is 0 Å². The monoisotopic (exact) mass is 169 g/mol. The Morgan fingerprint density at radius 3 is 2.67 bits per heavy atom. The first-order valence-electron chi connectivity index (χ1n) is 4.06. The standard InChI is InChI=1S/C7H11N3O2/c8-7(3-1-2-4-7)5-9-6(11)12-10-5/h1-4,8H2,(H,9,10,11). The van der Waals surface area contributed by atoms with E-state index in [9.17, 15) is 4.79 Å². The lowest BCUT2D eigenvalue weighted by molar-refractivity contribution is 0.353. The van der Waals surface area contributed by atoms with E-state index in [1.165, 1.54) is 0 Å². The molecule has 1 aliphatic rings. The fourth-order valence-electron chi connectivity index (χ4n) is 1.69. The maximum absolute atomic E-state index is 10.6. The largest absolute Gasteiger partial charge is 0.438 e. The van der Waals surface area contributed by atoms with E-state index >= 15 is 0 Å². The van der Waals surface area contributed by atoms with Crippen molar-refractivity contribution < 1.29 is 4.52 Å². The molecule has 66 valence electrons. The summed E-state index contributed by atoms with van der Waals surface area (Å²) in [5.41, 5.74) is 5.55. The molecule has 1 fully saturated rings. The number of nitrogens with one attached hydrogen (secondary N) is 1. The van der Waals surface area contributed by atoms with Gasteiger partial charge in [0, 0.05) is 0 Å². The van der Waals surface area contributed by atoms with Gasteiger partial charge in [-0.15, -0.1) is 0 Å². The Balaban J connectivity index is 2.34. The molecule has 0 bridgehead atoms. The average molecular weight is 169 g/mol. The van der Waals surface area contributed by atoms with Gasteiger partial charge in [0.05, 0.1) is 5.54 Å². The van der Waals surface area contributed by atoms with E-state index < -0.39 is 11.3 Å². The second-order valence-electron chi connectivity index (χ2n) is 3.31. The van der Waals surface area contributed by atoms with Crippen molar-refractivity contribution in [1.82, 2.24) is 10.1 Å². The predicted molar refractivity (Wildman–Crippen MR) is 41.5 cm³/mol. The third kappa shape index (κ3) is 1.06. The van der Waals surface area contributed by atoms with Gasteiger partial charge in [0.25, 0.3) is 0 Å². The number of aromatic amines is 1. The number of nitrogens with two attached hydrogens (primary N) is 1. The van der Waals surface area contributed by atoms with Gasteiger partial charge in [-0.1, -0.05) is 18.0 Å². The Kier molecular flexibility index (Phi) is 1.54. The van der Waals surface area contributed by atoms with E-state index in [-0.39, 0.29) is 0 Å². The van der Waals surface area contributed by atoms with E-state index in [4.69, 9.17) is 5.73 Å². The second kappa shape index (κ2) is 2.45. The SMILES string of the molecule is NC1(c2noc(=O)[nH]2)CCCC1. The van der Waals surface area contributed by atoms with E-state index in [1.54, 1.807) is 0 Å². The summed E-state index contributed by atoms with van der Waals surface area (Å²) in [6.07, 6.45) is 3.92. The molecule has 0 spiro atoms. The topological polar surface area (TPSA) is 84.9 Å². The van der Waals surface area contributed by atoms with Crippen LogP contribution in [0.4, 0.5) is 0 Å². The molecule has 1 aromatic rings. The normalized spacial score (nSPS) is 21.4. The van der Waals surface area contributed by atoms with Crippen molar-refractivity contribution in [2.75, 3.05) is 0 Å². The fourth-order valence-corrected chi connectivity index (χ4v) is 1.69. The summed E-state index contributed by atoms with van der Waals surface area (Å²) in [6.45, 7) is 0. The molecule has 12 heavy (non-hydrogen) atoms. The summed E-state index contributed by atoms with van der Waals surface area (Å²) >= 11 is 0. The molecule has 0 unspecified atom stereocenters. The Bertz CT molecular complexity index is 321. The molecule has 1 aromatic heterocycles. The van der Waals surface area contributed by atoms with Crippen LogP contribution in [0.3, 0.4) is 0 Å². The van der Waals surface area contributed by atoms with Crippen LogP contribution in [0.2, 0.25) is 0 Å². The lowest BCUT2D eigenvalue weighted by Gasteiger charge is -2.18. The zero-order valence-electron chi connectivity index (χ0n) is 6.67. The van der Waals surface area contributed by atoms with E-state index in [0.29, 0.717) is 5.82 Å². The van der Waals surface area contributed by atoms with Crippen molar-refractivity contribution in [1.29, 1.82) is 0 Å². The van der Waals surface area contributed by atoms with Crippen LogP contribution in [0.15, 0.2) is 9.32 Å². The van der Waals surface area contributed by atoms with Crippen LogP contribution < -0.4 is 11.5 Å². The third-order valence-electron chi connectivity index (χ3n) is 2.41. The molecule has 0 saturated heterocycles. The highest BCUT2D eigenvalue weighted by Gasteiger charge is 2.34. The number of aromatic nitrogens is 2. The Morgan fingerprint density at radius 2 is 2.17 bits per heavy atom. The van der Waals surface area contributed by atoms with Crippen LogP contribution in [0.25, 0.3) is 0 Å². The second-order valence-corrected chi connectivity index (χ2v) is 3.31. The van der Waals surface area contributed by atoms with Gasteiger partial charge in [0.2, 0.25) is 0 Å². The molecule has 0 radical (unpaired) electrons. The van der Waals surface area contributed by atoms with Crippen LogP contribution in [0.5, 0.6) is 0 Å². The maximum Gasteiger partial charge on any atom is 0.438 e. The molecule has 1 aliphatic carbocycles. The van der Waals surface area contributed by atoms with Crippen molar-refractivity contribution in [2.45, 2.75) is 31.2 Å². The van der Waals surface area contributed by atoms with Crippen LogP contribution in [0.1, 0.15) is 31.5 Å². The Hall–Kier alpha value is -1.10. The van der Waals surface area contributed by atoms with Crippen molar-refractivity contribution in [3.63, 3.8) is 0 Å². The van der Waals surface area contributed by atoms with Crippen LogP contribution in [-0.2, 0) is 5.54 Å². The zero-order valence-corrected chi connectivity index (χ0v) is 6.67. The van der Waals surface area contributed by atoms with Gasteiger partial charge in [0.1, 0.15) is 0 Å². The van der Waals surface area contributed by atoms with Crippen molar-refractivity contribution in [3.05, 3.63) is 16.4 Å². The molecule has 0 amide bonds. The summed E-state index contributed by atoms with van der Waals surface area (Å²) in [5.74, 6) is -0.0354. The van der Waals surface area contributed by atoms with Gasteiger partial charge in [-0.25, -0.2) is 4.79 Å². The van der Waals surface area contributed by atoms with Gasteiger partial charge in [-0.2, -0.15) is 0 Å². The molecule has 2 rings (SSSR count). The number of hydrogen-bond donors (Lipinski definition) is 2. The highest BCUT2D eigenvalue weighted by molar-refractivity contribution is 5.04. The summed E-state index contributed by atoms with van der Waals surface area (Å²) in [6, 6.07) is 0. The number of H-pyrrole nitrogens is 1. The molecule has 1 heterocycles. The first-order chi connectivity index (χ1) is 5.71. The molecule has 3 N–H and O–H groups in total. The number of nitrogens with zero attached hydrogens (tertiary/aromatic N) is 1. The molecular formula is C7H11N3O2. The zero-order chi connectivity index (χ0) is 8.60. The van der Waals surface area contributed by atoms with Crippen LogP contribution in [-0.4, -0.2) is 10.1 Å². The lowest BCUT2D eigenvalue weighted by Crippen LogP contribution is -2.34. The summed E-state index contributed by atoms with van der Waals surface area (Å²) < 4.78 is 4.40. The van der Waals surface area contributed by atoms with E-state index in [0.717, 1.165) is 25.7 Å². The molecule has 0 aromatic carbocycles. The summed E-state index contributed by atoms with van der Waals surface area (Å²) in [7, 11) is 0. The first kappa shape index (κ1) is 7.54. The minimum absolute atomic E-state index is 0.452. The molecule has 0 atom stereocenters. The Morgan fingerprint density at radius 1 is 1.50 bits per heavy atom. The molecular weight excluding hydrogens is 158 g/mol. The fraction of sp³-hybridized carbons (Fsp3) is 0.714. The molecule has 1 saturated carbocycles. The van der Waals surface area contributed by atoms with Crippen LogP contribution in [0, 0.1) is 0 Å². The third-order valence-corrected chi connectivity index (χ3v) is 2.41. The van der Waals surface area contributed by atoms with E-state index in [1.807, 2.05) is 0 Å². The quantitative estimate of drug-likeness (QED) is 0.624. The number of rotatable bonds is 1. The van der Waals surface area contributed by atoms with E-state index in [2.05, 4.69) is 14.7 Å². The van der Waals surface area contributed by atoms with Gasteiger partial charge in [-0.05, 0) is 12.8 Å². The summed E-state index contributed by atoms with van der Waals surface area (Å²) in [5, 5.41) is 3.60. The molecule has 5 nitrogen and oxygen atoms in total. The highest BCUT2D eigenvalue weighted by Crippen LogP contribution is 2.33. The smallest absolute Gasteiger partial charge is 0.319 e. The van der Waals surface area contributed by atoms with Gasteiger partial charge >= 0.3 is 5.76 Å². The van der Waals surface area contributed by atoms with Gasteiger partial charge in [-0.3, -0.25) is 9.51 Å². The maximum atomic E-state index is 10.6. The molecule has 0 aliphatic heterocycles. The summed E-state index contributed by atoms with van der Waals surface area (Å²) in [4.78, 5) is 13.1. The number of hydrogen-bond acceptors (Lipinski definition) is 4. The predicted octanol–water partition coefficient (Wildman–Crippen LogP) is 0.0909.